The van der Waals surface area contributed by atoms with Gasteiger partial charge < -0.3 is 9.63 Å². The molecule has 0 aromatic heterocycles. The first kappa shape index (κ1) is 25.6. The van der Waals surface area contributed by atoms with Gasteiger partial charge in [-0.3, -0.25) is 4.79 Å². The van der Waals surface area contributed by atoms with Crippen molar-refractivity contribution in [1.29, 1.82) is 0 Å². The van der Waals surface area contributed by atoms with Gasteiger partial charge in [0.05, 0.1) is 7.77 Å². The summed E-state index contributed by atoms with van der Waals surface area (Å²) in [6.45, 7) is 10.4. The van der Waals surface area contributed by atoms with Crippen molar-refractivity contribution in [1.82, 2.24) is 0 Å². The van der Waals surface area contributed by atoms with E-state index in [1.165, 1.54) is 0 Å². The summed E-state index contributed by atoms with van der Waals surface area (Å²) in [5.74, 6) is 2.35. The second-order valence-corrected chi connectivity index (χ2v) is 10.8. The molecule has 4 rings (SSSR count). The molecule has 3 nitrogen and oxygen atoms in total. The van der Waals surface area contributed by atoms with Crippen LogP contribution in [0.5, 0.6) is 5.75 Å². The van der Waals surface area contributed by atoms with E-state index in [4.69, 9.17) is 4.74 Å². The summed E-state index contributed by atoms with van der Waals surface area (Å²) in [5, 5.41) is 0.663. The summed E-state index contributed by atoms with van der Waals surface area (Å²) >= 11 is 0. The smallest absolute Gasteiger partial charge is 0.194 e. The van der Waals surface area contributed by atoms with Gasteiger partial charge in [0.15, 0.2) is 5.78 Å². The fraction of sp³-hybridized carbons (Fsp3) is 0.188. The van der Waals surface area contributed by atoms with E-state index in [1.54, 1.807) is 5.80 Å². The Kier molecular flexibility index (Phi) is 7.84. The van der Waals surface area contributed by atoms with E-state index in [0.717, 1.165) is 33.4 Å². The average Bonchev–Trinajstić information content (AvgIpc) is 2.82. The maximum atomic E-state index is 13.8. The van der Waals surface area contributed by atoms with E-state index in [0.29, 0.717) is 34.4 Å². The number of rotatable bonds is 7. The molecule has 0 saturated heterocycles. The van der Waals surface area contributed by atoms with Crippen LogP contribution in [0.4, 0.5) is 0 Å². The van der Waals surface area contributed by atoms with Crippen LogP contribution in [-0.4, -0.2) is 11.6 Å². The summed E-state index contributed by atoms with van der Waals surface area (Å²) < 4.78 is 5.93. The van der Waals surface area contributed by atoms with Crippen LogP contribution < -0.4 is 14.9 Å². The first-order chi connectivity index (χ1) is 17.2. The lowest BCUT2D eigenvalue weighted by Crippen LogP contribution is -2.13. The number of hydrogen-bond donors (Lipinski definition) is 0. The highest BCUT2D eigenvalue weighted by Crippen LogP contribution is 2.27. The molecule has 4 aromatic carbocycles. The molecule has 0 aliphatic carbocycles. The lowest BCUT2D eigenvalue weighted by atomic mass is 9.88. The first-order valence-corrected chi connectivity index (χ1v) is 13.4. The molecule has 0 amide bonds. The van der Waals surface area contributed by atoms with Gasteiger partial charge in [0.25, 0.3) is 0 Å². The van der Waals surface area contributed by atoms with Crippen molar-refractivity contribution in [2.24, 2.45) is 0 Å². The first-order valence-electron chi connectivity index (χ1n) is 12.0. The van der Waals surface area contributed by atoms with E-state index in [1.807, 2.05) is 113 Å². The predicted octanol–water partition coefficient (Wildman–Crippen LogP) is 6.27. The number of ketones is 1. The standard InChI is InChI=1S/C32H31O3P/c1-21-14-23(3)30(24(4)15-21)32(33)31-25(5)16-22(2)17-27(31)20-36(34)29-13-9-12-28(18-29)35-19-26-10-7-6-8-11-26/h6-18,20H,19H2,1-5H3. The van der Waals surface area contributed by atoms with Crippen LogP contribution in [-0.2, 0) is 6.61 Å². The van der Waals surface area contributed by atoms with Crippen molar-refractivity contribution in [3.05, 3.63) is 129 Å². The minimum atomic E-state index is -1.90. The molecule has 36 heavy (non-hydrogen) atoms. The number of aryl methyl sites for hydroxylation is 5. The summed E-state index contributed by atoms with van der Waals surface area (Å²) in [7, 11) is -1.90. The summed E-state index contributed by atoms with van der Waals surface area (Å²) in [6.07, 6.45) is 0. The minimum Gasteiger partial charge on any atom is -0.626 e. The van der Waals surface area contributed by atoms with Gasteiger partial charge >= 0.3 is 0 Å². The van der Waals surface area contributed by atoms with Crippen molar-refractivity contribution in [3.63, 3.8) is 0 Å². The lowest BCUT2D eigenvalue weighted by Gasteiger charge is -2.15. The van der Waals surface area contributed by atoms with Gasteiger partial charge in [0.2, 0.25) is 0 Å². The number of carbonyl (C=O) groups is 1. The molecule has 4 heteroatoms. The zero-order valence-corrected chi connectivity index (χ0v) is 22.4. The third-order valence-electron chi connectivity index (χ3n) is 6.22. The number of hydrogen-bond acceptors (Lipinski definition) is 3. The predicted molar refractivity (Wildman–Crippen MR) is 149 cm³/mol. The van der Waals surface area contributed by atoms with Gasteiger partial charge in [-0.15, -0.1) is 0 Å². The maximum Gasteiger partial charge on any atom is 0.194 e. The second-order valence-electron chi connectivity index (χ2n) is 9.38. The van der Waals surface area contributed by atoms with E-state index in [2.05, 4.69) is 0 Å². The van der Waals surface area contributed by atoms with E-state index in [-0.39, 0.29) is 5.78 Å². The van der Waals surface area contributed by atoms with Crippen molar-refractivity contribution >= 4 is 24.7 Å². The van der Waals surface area contributed by atoms with Gasteiger partial charge in [-0.25, -0.2) is 0 Å². The van der Waals surface area contributed by atoms with Crippen LogP contribution in [0.1, 0.15) is 54.9 Å². The molecule has 1 unspecified atom stereocenters. The zero-order valence-electron chi connectivity index (χ0n) is 21.5. The van der Waals surface area contributed by atoms with Crippen LogP contribution in [0.2, 0.25) is 0 Å². The quantitative estimate of drug-likeness (QED) is 0.225. The molecule has 0 aliphatic heterocycles. The Morgan fingerprint density at radius 3 is 2.06 bits per heavy atom. The molecule has 0 spiro atoms. The summed E-state index contributed by atoms with van der Waals surface area (Å²) in [6, 6.07) is 25.3. The Morgan fingerprint density at radius 2 is 1.39 bits per heavy atom. The number of benzene rings is 4. The van der Waals surface area contributed by atoms with Gasteiger partial charge in [0, 0.05) is 22.8 Å². The lowest BCUT2D eigenvalue weighted by molar-refractivity contribution is -0.149. The fourth-order valence-corrected chi connectivity index (χ4v) is 5.82. The molecule has 0 aliphatic rings. The van der Waals surface area contributed by atoms with E-state index in [9.17, 15) is 9.69 Å². The van der Waals surface area contributed by atoms with E-state index >= 15 is 0 Å². The minimum absolute atomic E-state index is 0.0305. The molecule has 0 fully saturated rings. The highest BCUT2D eigenvalue weighted by Gasteiger charge is 2.21. The maximum absolute atomic E-state index is 13.8. The molecular formula is C32H31O3P. The van der Waals surface area contributed by atoms with Crippen molar-refractivity contribution in [2.45, 2.75) is 41.2 Å². The molecule has 0 bridgehead atoms. The molecule has 0 heterocycles. The van der Waals surface area contributed by atoms with Gasteiger partial charge in [-0.05, 0) is 75.1 Å². The Morgan fingerprint density at radius 1 is 0.778 bits per heavy atom. The molecule has 0 radical (unpaired) electrons. The van der Waals surface area contributed by atoms with Crippen LogP contribution in [0.25, 0.3) is 0 Å². The average molecular weight is 495 g/mol. The Hall–Kier alpha value is -3.52. The summed E-state index contributed by atoms with van der Waals surface area (Å²) in [5.41, 5.74) is 8.04. The Balaban J connectivity index is 1.69. The van der Waals surface area contributed by atoms with Crippen LogP contribution >= 0.6 is 7.77 Å². The van der Waals surface area contributed by atoms with Gasteiger partial charge in [-0.1, -0.05) is 65.7 Å². The van der Waals surface area contributed by atoms with Crippen molar-refractivity contribution < 1.29 is 14.4 Å². The molecular weight excluding hydrogens is 463 g/mol. The molecule has 0 N–H and O–H groups in total. The second kappa shape index (κ2) is 11.0. The normalized spacial score (nSPS) is 11.4. The zero-order chi connectivity index (χ0) is 25.8. The Bertz CT molecular complexity index is 1430. The van der Waals surface area contributed by atoms with Crippen LogP contribution in [0.15, 0.2) is 78.9 Å². The van der Waals surface area contributed by atoms with Crippen molar-refractivity contribution in [3.8, 4) is 5.75 Å². The molecule has 182 valence electrons. The molecule has 4 aromatic rings. The van der Waals surface area contributed by atoms with Crippen molar-refractivity contribution in [2.75, 3.05) is 0 Å². The highest BCUT2D eigenvalue weighted by molar-refractivity contribution is 7.58. The molecule has 0 saturated carbocycles. The fourth-order valence-electron chi connectivity index (χ4n) is 4.73. The number of carbonyl (C=O) groups excluding carboxylic acids is 1. The van der Waals surface area contributed by atoms with Gasteiger partial charge in [0.1, 0.15) is 23.5 Å². The van der Waals surface area contributed by atoms with Gasteiger partial charge in [-0.2, -0.15) is 0 Å². The third kappa shape index (κ3) is 5.82. The number of ether oxygens (including phenoxy) is 1. The van der Waals surface area contributed by atoms with Crippen LogP contribution in [0, 0.1) is 34.6 Å². The largest absolute Gasteiger partial charge is 0.626 e. The third-order valence-corrected chi connectivity index (χ3v) is 7.52. The van der Waals surface area contributed by atoms with E-state index < -0.39 is 7.77 Å². The van der Waals surface area contributed by atoms with Crippen LogP contribution in [0.3, 0.4) is 0 Å². The highest BCUT2D eigenvalue weighted by atomic mass is 31.1. The summed E-state index contributed by atoms with van der Waals surface area (Å²) in [4.78, 5) is 27.3. The monoisotopic (exact) mass is 494 g/mol. The topological polar surface area (TPSA) is 49.4 Å². The SMILES string of the molecule is Cc1cc(C)c(C(=O)c2c(C)cc(C)cc2C=[P+]([O-])c2cccc(OCc3ccccc3)c2)c(C)c1. The Labute approximate surface area is 214 Å². The molecule has 1 atom stereocenters.